The van der Waals surface area contributed by atoms with Crippen molar-refractivity contribution in [2.24, 2.45) is 0 Å². The van der Waals surface area contributed by atoms with Gasteiger partial charge < -0.3 is 10.1 Å². The molecular weight excluding hydrogens is 424 g/mol. The molecule has 0 aliphatic rings. The summed E-state index contributed by atoms with van der Waals surface area (Å²) in [6.45, 7) is 0.209. The van der Waals surface area contributed by atoms with E-state index in [-0.39, 0.29) is 11.5 Å². The number of benzene rings is 3. The van der Waals surface area contributed by atoms with Crippen LogP contribution in [0.1, 0.15) is 15.9 Å². The first kappa shape index (κ1) is 21.8. The van der Waals surface area contributed by atoms with Gasteiger partial charge in [0.1, 0.15) is 12.4 Å². The second-order valence-corrected chi connectivity index (χ2v) is 9.20. The Morgan fingerprint density at radius 3 is 2.43 bits per heavy atom. The largest absolute Gasteiger partial charge is 0.488 e. The van der Waals surface area contributed by atoms with Gasteiger partial charge in [0.15, 0.2) is 0 Å². The van der Waals surface area contributed by atoms with Gasteiger partial charge in [-0.1, -0.05) is 48.0 Å². The van der Waals surface area contributed by atoms with E-state index in [1.165, 1.54) is 26.2 Å². The summed E-state index contributed by atoms with van der Waals surface area (Å²) in [6.07, 6.45) is 0. The van der Waals surface area contributed by atoms with E-state index in [1.54, 1.807) is 42.5 Å². The zero-order valence-corrected chi connectivity index (χ0v) is 18.1. The second kappa shape index (κ2) is 9.30. The highest BCUT2D eigenvalue weighted by Crippen LogP contribution is 2.24. The average molecular weight is 445 g/mol. The lowest BCUT2D eigenvalue weighted by Gasteiger charge is -2.14. The third-order valence-electron chi connectivity index (χ3n) is 4.34. The van der Waals surface area contributed by atoms with E-state index < -0.39 is 15.9 Å². The number of sulfonamides is 1. The fourth-order valence-corrected chi connectivity index (χ4v) is 3.83. The summed E-state index contributed by atoms with van der Waals surface area (Å²) in [4.78, 5) is 12.9. The van der Waals surface area contributed by atoms with Crippen molar-refractivity contribution in [3.63, 3.8) is 0 Å². The molecule has 0 saturated heterocycles. The van der Waals surface area contributed by atoms with Crippen LogP contribution in [-0.2, 0) is 16.6 Å². The third kappa shape index (κ3) is 4.99. The van der Waals surface area contributed by atoms with Crippen LogP contribution in [0.5, 0.6) is 5.75 Å². The SMILES string of the molecule is CN(C)S(=O)(=O)c1cccc(NC(=O)c2ccccc2OCc2ccccc2Cl)c1. The molecule has 0 bridgehead atoms. The molecule has 0 saturated carbocycles. The summed E-state index contributed by atoms with van der Waals surface area (Å²) in [6, 6.07) is 20.2. The molecule has 1 amide bonds. The first-order valence-electron chi connectivity index (χ1n) is 9.08. The van der Waals surface area contributed by atoms with E-state index >= 15 is 0 Å². The molecule has 0 fully saturated rings. The van der Waals surface area contributed by atoms with Crippen molar-refractivity contribution < 1.29 is 17.9 Å². The van der Waals surface area contributed by atoms with E-state index in [9.17, 15) is 13.2 Å². The molecule has 8 heteroatoms. The molecule has 3 aromatic carbocycles. The molecule has 0 atom stereocenters. The molecule has 0 unspecified atom stereocenters. The Labute approximate surface area is 181 Å². The van der Waals surface area contributed by atoms with Crippen molar-refractivity contribution in [2.45, 2.75) is 11.5 Å². The van der Waals surface area contributed by atoms with E-state index in [4.69, 9.17) is 16.3 Å². The van der Waals surface area contributed by atoms with Crippen LogP contribution in [-0.4, -0.2) is 32.7 Å². The molecule has 0 aliphatic carbocycles. The molecule has 3 aromatic rings. The molecule has 1 N–H and O–H groups in total. The van der Waals surface area contributed by atoms with Crippen LogP contribution in [0, 0.1) is 0 Å². The van der Waals surface area contributed by atoms with Gasteiger partial charge in [0.05, 0.1) is 10.5 Å². The Bertz CT molecular complexity index is 1160. The highest BCUT2D eigenvalue weighted by molar-refractivity contribution is 7.89. The third-order valence-corrected chi connectivity index (χ3v) is 6.52. The van der Waals surface area contributed by atoms with Crippen molar-refractivity contribution in [3.05, 3.63) is 88.9 Å². The zero-order valence-electron chi connectivity index (χ0n) is 16.5. The normalized spacial score (nSPS) is 11.3. The van der Waals surface area contributed by atoms with Gasteiger partial charge in [0.2, 0.25) is 10.0 Å². The number of hydrogen-bond acceptors (Lipinski definition) is 4. The van der Waals surface area contributed by atoms with Crippen molar-refractivity contribution in [2.75, 3.05) is 19.4 Å². The van der Waals surface area contributed by atoms with Crippen LogP contribution >= 0.6 is 11.6 Å². The molecule has 0 heterocycles. The Morgan fingerprint density at radius 2 is 1.70 bits per heavy atom. The van der Waals surface area contributed by atoms with E-state index in [1.807, 2.05) is 18.2 Å². The molecular formula is C22H21ClN2O4S. The van der Waals surface area contributed by atoms with Gasteiger partial charge in [-0.05, 0) is 36.4 Å². The topological polar surface area (TPSA) is 75.7 Å². The van der Waals surface area contributed by atoms with Crippen LogP contribution in [0.4, 0.5) is 5.69 Å². The highest BCUT2D eigenvalue weighted by Gasteiger charge is 2.18. The van der Waals surface area contributed by atoms with Gasteiger partial charge in [-0.25, -0.2) is 12.7 Å². The highest BCUT2D eigenvalue weighted by atomic mass is 35.5. The van der Waals surface area contributed by atoms with E-state index in [0.717, 1.165) is 9.87 Å². The number of para-hydroxylation sites is 1. The fourth-order valence-electron chi connectivity index (χ4n) is 2.69. The summed E-state index contributed by atoms with van der Waals surface area (Å²) in [7, 11) is -0.703. The standard InChI is InChI=1S/C22H21ClN2O4S/c1-25(2)30(27,28)18-10-7-9-17(14-18)24-22(26)19-11-4-6-13-21(19)29-15-16-8-3-5-12-20(16)23/h3-14H,15H2,1-2H3,(H,24,26). The number of amides is 1. The number of ether oxygens (including phenoxy) is 1. The number of carbonyl (C=O) groups is 1. The molecule has 0 aromatic heterocycles. The number of nitrogens with zero attached hydrogens (tertiary/aromatic N) is 1. The predicted molar refractivity (Wildman–Crippen MR) is 117 cm³/mol. The number of halogens is 1. The molecule has 0 spiro atoms. The molecule has 3 rings (SSSR count). The smallest absolute Gasteiger partial charge is 0.259 e. The fraction of sp³-hybridized carbons (Fsp3) is 0.136. The summed E-state index contributed by atoms with van der Waals surface area (Å²) in [5.74, 6) is -0.0175. The van der Waals surface area contributed by atoms with Crippen LogP contribution in [0.3, 0.4) is 0 Å². The Hall–Kier alpha value is -2.87. The Balaban J connectivity index is 1.79. The van der Waals surface area contributed by atoms with Crippen molar-refractivity contribution in [1.82, 2.24) is 4.31 Å². The monoisotopic (exact) mass is 444 g/mol. The molecule has 0 aliphatic heterocycles. The van der Waals surface area contributed by atoms with Crippen molar-refractivity contribution >= 4 is 33.2 Å². The van der Waals surface area contributed by atoms with E-state index in [2.05, 4.69) is 5.32 Å². The van der Waals surface area contributed by atoms with Gasteiger partial charge in [0.25, 0.3) is 5.91 Å². The first-order chi connectivity index (χ1) is 14.3. The van der Waals surface area contributed by atoms with Gasteiger partial charge in [0, 0.05) is 30.4 Å². The van der Waals surface area contributed by atoms with Crippen molar-refractivity contribution in [3.8, 4) is 5.75 Å². The summed E-state index contributed by atoms with van der Waals surface area (Å²) in [5, 5.41) is 3.31. The minimum atomic E-state index is -3.61. The maximum absolute atomic E-state index is 12.8. The second-order valence-electron chi connectivity index (χ2n) is 6.65. The quantitative estimate of drug-likeness (QED) is 0.585. The number of rotatable bonds is 7. The van der Waals surface area contributed by atoms with Crippen LogP contribution in [0.25, 0.3) is 0 Å². The number of anilines is 1. The summed E-state index contributed by atoms with van der Waals surface area (Å²) in [5.41, 5.74) is 1.49. The molecule has 0 radical (unpaired) electrons. The maximum atomic E-state index is 12.8. The minimum absolute atomic E-state index is 0.0913. The lowest BCUT2D eigenvalue weighted by atomic mass is 10.1. The van der Waals surface area contributed by atoms with Crippen LogP contribution in [0.2, 0.25) is 5.02 Å². The van der Waals surface area contributed by atoms with Gasteiger partial charge in [-0.2, -0.15) is 0 Å². The Morgan fingerprint density at radius 1 is 1.00 bits per heavy atom. The van der Waals surface area contributed by atoms with Gasteiger partial charge >= 0.3 is 0 Å². The summed E-state index contributed by atoms with van der Waals surface area (Å²) < 4.78 is 31.6. The minimum Gasteiger partial charge on any atom is -0.488 e. The summed E-state index contributed by atoms with van der Waals surface area (Å²) >= 11 is 6.16. The molecule has 30 heavy (non-hydrogen) atoms. The van der Waals surface area contributed by atoms with Gasteiger partial charge in [-0.3, -0.25) is 4.79 Å². The Kier molecular flexibility index (Phi) is 6.77. The molecule has 6 nitrogen and oxygen atoms in total. The van der Waals surface area contributed by atoms with E-state index in [0.29, 0.717) is 22.0 Å². The molecule has 156 valence electrons. The lowest BCUT2D eigenvalue weighted by molar-refractivity contribution is 0.102. The maximum Gasteiger partial charge on any atom is 0.259 e. The zero-order chi connectivity index (χ0) is 21.7. The lowest BCUT2D eigenvalue weighted by Crippen LogP contribution is -2.22. The van der Waals surface area contributed by atoms with Gasteiger partial charge in [-0.15, -0.1) is 0 Å². The van der Waals surface area contributed by atoms with Crippen LogP contribution < -0.4 is 10.1 Å². The first-order valence-corrected chi connectivity index (χ1v) is 10.9. The number of hydrogen-bond donors (Lipinski definition) is 1. The van der Waals surface area contributed by atoms with Crippen LogP contribution in [0.15, 0.2) is 77.7 Å². The van der Waals surface area contributed by atoms with Crippen molar-refractivity contribution in [1.29, 1.82) is 0 Å². The number of nitrogens with one attached hydrogen (secondary N) is 1. The predicted octanol–water partition coefficient (Wildman–Crippen LogP) is 4.42. The average Bonchev–Trinajstić information content (AvgIpc) is 2.73. The number of carbonyl (C=O) groups excluding carboxylic acids is 1.